The minimum absolute atomic E-state index is 0.0680. The molecule has 0 heterocycles. The molecule has 5 nitrogen and oxygen atoms in total. The van der Waals surface area contributed by atoms with Crippen LogP contribution < -0.4 is 5.32 Å². The number of amides is 1. The normalized spacial score (nSPS) is 13.0. The highest BCUT2D eigenvalue weighted by Gasteiger charge is 2.16. The summed E-state index contributed by atoms with van der Waals surface area (Å²) in [6.45, 7) is 2.48. The van der Waals surface area contributed by atoms with Gasteiger partial charge in [0.1, 0.15) is 6.29 Å². The van der Waals surface area contributed by atoms with Crippen LogP contribution in [0.3, 0.4) is 0 Å². The minimum atomic E-state index is -1.05. The first-order valence-electron chi connectivity index (χ1n) is 10.2. The van der Waals surface area contributed by atoms with Crippen LogP contribution in [0.4, 0.5) is 4.79 Å². The summed E-state index contributed by atoms with van der Waals surface area (Å²) in [4.78, 5) is 22.7. The Morgan fingerprint density at radius 2 is 1.59 bits per heavy atom. The molecule has 0 aliphatic heterocycles. The van der Waals surface area contributed by atoms with E-state index in [4.69, 9.17) is 5.11 Å². The van der Waals surface area contributed by atoms with E-state index in [1.54, 1.807) is 0 Å². The lowest BCUT2D eigenvalue weighted by Crippen LogP contribution is -2.42. The van der Waals surface area contributed by atoms with Crippen LogP contribution in [0.2, 0.25) is 0 Å². The first-order valence-corrected chi connectivity index (χ1v) is 10.2. The zero-order chi connectivity index (χ0) is 20.2. The third kappa shape index (κ3) is 16.0. The molecule has 0 saturated heterocycles. The summed E-state index contributed by atoms with van der Waals surface area (Å²) in [6.07, 6.45) is 22.7. The number of carboxylic acid groups (broad SMARTS) is 1. The van der Waals surface area contributed by atoms with Gasteiger partial charge < -0.3 is 15.2 Å². The van der Waals surface area contributed by atoms with Gasteiger partial charge in [-0.1, -0.05) is 56.2 Å². The number of nitrogens with one attached hydrogen (secondary N) is 1. The Balaban J connectivity index is 3.81. The predicted molar refractivity (Wildman–Crippen MR) is 113 cm³/mol. The van der Waals surface area contributed by atoms with E-state index in [2.05, 4.69) is 48.7 Å². The number of hydrogen-bond acceptors (Lipinski definition) is 3. The minimum Gasteiger partial charge on any atom is -0.465 e. The molecule has 5 heteroatoms. The van der Waals surface area contributed by atoms with Gasteiger partial charge in [0.05, 0.1) is 6.54 Å². The Morgan fingerprint density at radius 1 is 1.00 bits per heavy atom. The smallest absolute Gasteiger partial charge is 0.407 e. The number of carbonyl (C=O) groups is 2. The quantitative estimate of drug-likeness (QED) is 0.213. The Bertz CT molecular complexity index is 458. The van der Waals surface area contributed by atoms with E-state index in [-0.39, 0.29) is 12.6 Å². The highest BCUT2D eigenvalue weighted by molar-refractivity contribution is 5.69. The molecule has 0 aromatic carbocycles. The topological polar surface area (TPSA) is 69.6 Å². The summed E-state index contributed by atoms with van der Waals surface area (Å²) in [7, 11) is 1.82. The first-order chi connectivity index (χ1) is 13.2. The molecule has 0 aliphatic carbocycles. The van der Waals surface area contributed by atoms with Crippen molar-refractivity contribution in [3.8, 4) is 0 Å². The van der Waals surface area contributed by atoms with Crippen LogP contribution >= 0.6 is 0 Å². The third-order valence-corrected chi connectivity index (χ3v) is 4.36. The molecule has 0 radical (unpaired) electrons. The highest BCUT2D eigenvalue weighted by atomic mass is 16.4. The molecule has 0 aromatic rings. The molecule has 2 N–H and O–H groups in total. The van der Waals surface area contributed by atoms with Gasteiger partial charge in [-0.05, 0) is 52.0 Å². The van der Waals surface area contributed by atoms with Gasteiger partial charge in [0, 0.05) is 12.6 Å². The Morgan fingerprint density at radius 3 is 2.11 bits per heavy atom. The molecule has 1 amide bonds. The molecule has 0 saturated carbocycles. The monoisotopic (exact) mass is 378 g/mol. The molecule has 0 bridgehead atoms. The number of likely N-dealkylation sites (N-methyl/N-ethyl adjacent to an activating group) is 1. The second-order valence-corrected chi connectivity index (χ2v) is 6.65. The average Bonchev–Trinajstić information content (AvgIpc) is 2.66. The Labute approximate surface area is 165 Å². The maximum absolute atomic E-state index is 11.1. The largest absolute Gasteiger partial charge is 0.465 e. The van der Waals surface area contributed by atoms with Crippen molar-refractivity contribution in [2.24, 2.45) is 0 Å². The molecule has 0 aliphatic rings. The van der Waals surface area contributed by atoms with E-state index < -0.39 is 6.09 Å². The zero-order valence-electron chi connectivity index (χ0n) is 17.1. The number of carbonyl (C=O) groups excluding carboxylic acids is 1. The van der Waals surface area contributed by atoms with Crippen molar-refractivity contribution in [2.45, 2.75) is 70.8 Å². The molecule has 0 rings (SSSR count). The Kier molecular flexibility index (Phi) is 17.6. The van der Waals surface area contributed by atoms with Crippen LogP contribution in [-0.2, 0) is 4.79 Å². The van der Waals surface area contributed by atoms with Crippen molar-refractivity contribution in [1.29, 1.82) is 0 Å². The van der Waals surface area contributed by atoms with Crippen LogP contribution in [0.5, 0.6) is 0 Å². The lowest BCUT2D eigenvalue weighted by molar-refractivity contribution is -0.108. The van der Waals surface area contributed by atoms with Crippen LogP contribution in [0.1, 0.15) is 64.7 Å². The molecular formula is C22H38N2O3. The van der Waals surface area contributed by atoms with Crippen LogP contribution in [0, 0.1) is 0 Å². The van der Waals surface area contributed by atoms with Crippen molar-refractivity contribution < 1.29 is 14.7 Å². The Hall–Kier alpha value is -1.88. The van der Waals surface area contributed by atoms with E-state index >= 15 is 0 Å². The number of nitrogens with zero attached hydrogens (tertiary/aromatic N) is 1. The number of aldehydes is 1. The standard InChI is InChI=1S/C22H38N2O3/c1-3-4-5-6-7-8-9-10-11-12-13-14-15-16-17-21(23-2)20-24(18-19-25)22(26)27/h7-8,10-11,13-14,19,21,23H,3-6,9,12,15-18,20H2,1-2H3,(H,26,27). The SMILES string of the molecule is CCCCCC=CCC=CCC=CCCCC(CN(CC=O)C(=O)O)NC. The lowest BCUT2D eigenvalue weighted by Gasteiger charge is -2.23. The molecule has 0 aromatic heterocycles. The summed E-state index contributed by atoms with van der Waals surface area (Å²) in [6, 6.07) is 0.0680. The fourth-order valence-corrected chi connectivity index (χ4v) is 2.69. The van der Waals surface area contributed by atoms with Crippen molar-refractivity contribution in [2.75, 3.05) is 20.1 Å². The van der Waals surface area contributed by atoms with Gasteiger partial charge in [0.25, 0.3) is 0 Å². The van der Waals surface area contributed by atoms with Gasteiger partial charge in [0.15, 0.2) is 0 Å². The van der Waals surface area contributed by atoms with E-state index in [0.717, 1.165) is 37.0 Å². The van der Waals surface area contributed by atoms with Crippen molar-refractivity contribution in [3.63, 3.8) is 0 Å². The van der Waals surface area contributed by atoms with E-state index in [1.807, 2.05) is 7.05 Å². The van der Waals surface area contributed by atoms with Crippen LogP contribution in [0.25, 0.3) is 0 Å². The second kappa shape index (κ2) is 18.9. The summed E-state index contributed by atoms with van der Waals surface area (Å²) >= 11 is 0. The average molecular weight is 379 g/mol. The van der Waals surface area contributed by atoms with Crippen LogP contribution in [-0.4, -0.2) is 48.6 Å². The van der Waals surface area contributed by atoms with Gasteiger partial charge in [-0.25, -0.2) is 4.79 Å². The lowest BCUT2D eigenvalue weighted by atomic mass is 10.1. The van der Waals surface area contributed by atoms with E-state index in [0.29, 0.717) is 12.8 Å². The molecule has 154 valence electrons. The number of unbranched alkanes of at least 4 members (excludes halogenated alkanes) is 4. The predicted octanol–water partition coefficient (Wildman–Crippen LogP) is 4.95. The fraction of sp³-hybridized carbons (Fsp3) is 0.636. The second-order valence-electron chi connectivity index (χ2n) is 6.65. The van der Waals surface area contributed by atoms with Gasteiger partial charge in [0.2, 0.25) is 0 Å². The number of hydrogen-bond donors (Lipinski definition) is 2. The summed E-state index contributed by atoms with van der Waals surface area (Å²) < 4.78 is 0. The molecule has 0 fully saturated rings. The van der Waals surface area contributed by atoms with E-state index in [9.17, 15) is 9.59 Å². The number of allylic oxidation sites excluding steroid dienone is 6. The zero-order valence-corrected chi connectivity index (χ0v) is 17.1. The van der Waals surface area contributed by atoms with Gasteiger partial charge >= 0.3 is 6.09 Å². The van der Waals surface area contributed by atoms with Gasteiger partial charge in [-0.2, -0.15) is 0 Å². The first kappa shape index (κ1) is 25.1. The fourth-order valence-electron chi connectivity index (χ4n) is 2.69. The van der Waals surface area contributed by atoms with Gasteiger partial charge in [-0.3, -0.25) is 4.90 Å². The van der Waals surface area contributed by atoms with Crippen molar-refractivity contribution in [1.82, 2.24) is 10.2 Å². The van der Waals surface area contributed by atoms with E-state index in [1.165, 1.54) is 25.7 Å². The third-order valence-electron chi connectivity index (χ3n) is 4.36. The molecule has 1 unspecified atom stereocenters. The van der Waals surface area contributed by atoms with Crippen molar-refractivity contribution >= 4 is 12.4 Å². The maximum Gasteiger partial charge on any atom is 0.407 e. The molecule has 1 atom stereocenters. The van der Waals surface area contributed by atoms with Crippen LogP contribution in [0.15, 0.2) is 36.5 Å². The molecule has 0 spiro atoms. The summed E-state index contributed by atoms with van der Waals surface area (Å²) in [5, 5.41) is 12.2. The summed E-state index contributed by atoms with van der Waals surface area (Å²) in [5.41, 5.74) is 0. The summed E-state index contributed by atoms with van der Waals surface area (Å²) in [5.74, 6) is 0. The number of rotatable bonds is 17. The van der Waals surface area contributed by atoms with Crippen molar-refractivity contribution in [3.05, 3.63) is 36.5 Å². The molecule has 27 heavy (non-hydrogen) atoms. The maximum atomic E-state index is 11.1. The highest BCUT2D eigenvalue weighted by Crippen LogP contribution is 2.05. The van der Waals surface area contributed by atoms with Gasteiger partial charge in [-0.15, -0.1) is 0 Å². The molecular weight excluding hydrogens is 340 g/mol.